The minimum atomic E-state index is -1.32. The summed E-state index contributed by atoms with van der Waals surface area (Å²) in [4.78, 5) is 16.4. The van der Waals surface area contributed by atoms with Crippen molar-refractivity contribution in [3.05, 3.63) is 34.9 Å². The molecule has 0 aliphatic heterocycles. The number of aromatic nitrogens is 5. The van der Waals surface area contributed by atoms with E-state index < -0.39 is 24.3 Å². The highest BCUT2D eigenvalue weighted by Crippen LogP contribution is 2.39. The van der Waals surface area contributed by atoms with Crippen LogP contribution in [0.3, 0.4) is 0 Å². The largest absolute Gasteiger partial charge is 0.443 e. The Hall–Kier alpha value is -2.92. The lowest BCUT2D eigenvalue weighted by Crippen LogP contribution is -2.38. The number of nitrogens with one attached hydrogen (secondary N) is 3. The summed E-state index contributed by atoms with van der Waals surface area (Å²) in [7, 11) is 1.59. The first-order valence-electron chi connectivity index (χ1n) is 10.8. The minimum Gasteiger partial charge on any atom is -0.443 e. The number of hydrogen-bond donors (Lipinski definition) is 3. The molecule has 176 valence electrons. The Labute approximate surface area is 194 Å². The summed E-state index contributed by atoms with van der Waals surface area (Å²) in [5.74, 6) is 0.482. The third-order valence-corrected chi connectivity index (χ3v) is 6.36. The van der Waals surface area contributed by atoms with E-state index in [0.29, 0.717) is 42.3 Å². The molecule has 0 spiro atoms. The summed E-state index contributed by atoms with van der Waals surface area (Å²) in [6.45, 7) is 2.30. The number of methoxy groups -OCH3 is 1. The summed E-state index contributed by atoms with van der Waals surface area (Å²) >= 11 is 6.14. The molecule has 3 heterocycles. The highest BCUT2D eigenvalue weighted by atomic mass is 35.5. The molecule has 1 amide bonds. The molecule has 3 atom stereocenters. The Morgan fingerprint density at radius 2 is 2.21 bits per heavy atom. The number of nitrogens with zero attached hydrogens (tertiary/aromatic N) is 4. The second-order valence-electron chi connectivity index (χ2n) is 8.90. The van der Waals surface area contributed by atoms with E-state index in [0.717, 1.165) is 18.5 Å². The number of carbonyl (C=O) groups excluding carboxylic acids is 1. The molecule has 2 aliphatic rings. The van der Waals surface area contributed by atoms with Gasteiger partial charge in [0.05, 0.1) is 18.5 Å². The molecule has 3 aromatic heterocycles. The van der Waals surface area contributed by atoms with E-state index in [1.807, 2.05) is 13.0 Å². The summed E-state index contributed by atoms with van der Waals surface area (Å²) in [6, 6.07) is 3.57. The number of H-pyrrole nitrogens is 1. The number of amides is 1. The van der Waals surface area contributed by atoms with Crippen LogP contribution < -0.4 is 10.6 Å². The van der Waals surface area contributed by atoms with Crippen molar-refractivity contribution in [3.63, 3.8) is 0 Å². The van der Waals surface area contributed by atoms with Gasteiger partial charge in [0.1, 0.15) is 22.9 Å². The molecule has 2 saturated carbocycles. The average Bonchev–Trinajstić information content (AvgIpc) is 3.11. The monoisotopic (exact) mass is 477 g/mol. The molecular weight excluding hydrogens is 453 g/mol. The van der Waals surface area contributed by atoms with Gasteiger partial charge in [0, 0.05) is 30.3 Å². The zero-order chi connectivity index (χ0) is 23.2. The smallest absolute Gasteiger partial charge is 0.407 e. The van der Waals surface area contributed by atoms with E-state index in [1.54, 1.807) is 23.9 Å². The molecule has 3 aromatic rings. The second-order valence-corrected chi connectivity index (χ2v) is 9.29. The quantitative estimate of drug-likeness (QED) is 0.472. The van der Waals surface area contributed by atoms with E-state index in [9.17, 15) is 4.79 Å². The number of hydrogen-bond acceptors (Lipinski definition) is 7. The number of ether oxygens (including phenoxy) is 2. The molecule has 5 rings (SSSR count). The van der Waals surface area contributed by atoms with Crippen molar-refractivity contribution in [2.24, 2.45) is 0 Å². The Morgan fingerprint density at radius 3 is 2.97 bits per heavy atom. The van der Waals surface area contributed by atoms with E-state index in [4.69, 9.17) is 21.1 Å². The van der Waals surface area contributed by atoms with Crippen LogP contribution in [0, 0.1) is 0 Å². The maximum absolute atomic E-state index is 15.1. The molecule has 0 unspecified atom stereocenters. The SMILES string of the molecule is COCc1cc2c(Nc3cc([C@@H]4CC[C@H](OC(=O)NC5(C)CC5)[C@H]4F)[nH]n3)nc(Cl)cn2n1. The second kappa shape index (κ2) is 8.45. The van der Waals surface area contributed by atoms with Crippen molar-refractivity contribution in [2.45, 2.75) is 62.9 Å². The lowest BCUT2D eigenvalue weighted by molar-refractivity contribution is 0.0546. The third kappa shape index (κ3) is 4.60. The van der Waals surface area contributed by atoms with Crippen LogP contribution in [0.2, 0.25) is 5.15 Å². The molecule has 2 fully saturated rings. The van der Waals surface area contributed by atoms with E-state index >= 15 is 4.39 Å². The molecule has 2 aliphatic carbocycles. The summed E-state index contributed by atoms with van der Waals surface area (Å²) in [6.07, 6.45) is 1.77. The maximum Gasteiger partial charge on any atom is 0.407 e. The van der Waals surface area contributed by atoms with Gasteiger partial charge in [-0.05, 0) is 38.7 Å². The lowest BCUT2D eigenvalue weighted by Gasteiger charge is -2.19. The molecule has 0 radical (unpaired) electrons. The molecular formula is C21H25ClFN7O3. The zero-order valence-corrected chi connectivity index (χ0v) is 19.0. The van der Waals surface area contributed by atoms with Crippen LogP contribution in [0.25, 0.3) is 5.52 Å². The van der Waals surface area contributed by atoms with Crippen molar-refractivity contribution < 1.29 is 18.7 Å². The normalized spacial score (nSPS) is 23.6. The zero-order valence-electron chi connectivity index (χ0n) is 18.3. The van der Waals surface area contributed by atoms with E-state index in [1.165, 1.54) is 0 Å². The summed E-state index contributed by atoms with van der Waals surface area (Å²) in [5, 5.41) is 17.7. The van der Waals surface area contributed by atoms with E-state index in [-0.39, 0.29) is 10.7 Å². The third-order valence-electron chi connectivity index (χ3n) is 6.18. The molecule has 0 bridgehead atoms. The van der Waals surface area contributed by atoms with Gasteiger partial charge < -0.3 is 20.1 Å². The van der Waals surface area contributed by atoms with Crippen LogP contribution in [-0.2, 0) is 16.1 Å². The summed E-state index contributed by atoms with van der Waals surface area (Å²) in [5.41, 5.74) is 1.84. The topological polar surface area (TPSA) is 118 Å². The Balaban J connectivity index is 1.27. The highest BCUT2D eigenvalue weighted by Gasteiger charge is 2.43. The minimum absolute atomic E-state index is 0.204. The van der Waals surface area contributed by atoms with Crippen LogP contribution in [0.15, 0.2) is 18.3 Å². The Morgan fingerprint density at radius 1 is 1.39 bits per heavy atom. The van der Waals surface area contributed by atoms with Crippen LogP contribution >= 0.6 is 11.6 Å². The first kappa shape index (κ1) is 21.9. The standard InChI is InChI=1S/C21H25ClFN7O3/c1-21(5-6-21)26-20(31)33-15-4-3-12(18(15)23)13-8-17(28-27-13)25-19-14-7-11(10-32-2)29-30(14)9-16(22)24-19/h7-9,12,15,18H,3-6,10H2,1-2H3,(H,26,31)(H2,24,25,27,28)/t12-,15-,18-/m0/s1. The molecule has 3 N–H and O–H groups in total. The molecule has 10 nitrogen and oxygen atoms in total. The fraction of sp³-hybridized carbons (Fsp3) is 0.524. The number of rotatable bonds is 7. The van der Waals surface area contributed by atoms with Gasteiger partial charge in [-0.15, -0.1) is 0 Å². The number of aromatic amines is 1. The molecule has 0 aromatic carbocycles. The van der Waals surface area contributed by atoms with Gasteiger partial charge in [0.25, 0.3) is 0 Å². The van der Waals surface area contributed by atoms with Crippen molar-refractivity contribution >= 4 is 34.8 Å². The fourth-order valence-electron chi connectivity index (χ4n) is 4.13. The van der Waals surface area contributed by atoms with Gasteiger partial charge in [0.15, 0.2) is 11.6 Å². The Bertz CT molecular complexity index is 1180. The first-order chi connectivity index (χ1) is 15.8. The van der Waals surface area contributed by atoms with Crippen LogP contribution in [0.1, 0.15) is 49.9 Å². The van der Waals surface area contributed by atoms with Gasteiger partial charge in [-0.1, -0.05) is 11.6 Å². The number of alkyl halides is 1. The lowest BCUT2D eigenvalue weighted by atomic mass is 10.0. The number of halogens is 2. The van der Waals surface area contributed by atoms with Crippen molar-refractivity contribution in [3.8, 4) is 0 Å². The average molecular weight is 478 g/mol. The van der Waals surface area contributed by atoms with Crippen LogP contribution in [0.4, 0.5) is 20.8 Å². The van der Waals surface area contributed by atoms with Crippen LogP contribution in [0.5, 0.6) is 0 Å². The number of fused-ring (bicyclic) bond motifs is 1. The predicted octanol–water partition coefficient (Wildman–Crippen LogP) is 3.86. The fourth-order valence-corrected chi connectivity index (χ4v) is 4.31. The van der Waals surface area contributed by atoms with Gasteiger partial charge in [-0.25, -0.2) is 18.7 Å². The van der Waals surface area contributed by atoms with Crippen molar-refractivity contribution in [1.82, 2.24) is 30.1 Å². The molecule has 12 heteroatoms. The van der Waals surface area contributed by atoms with Gasteiger partial charge >= 0.3 is 6.09 Å². The molecule has 33 heavy (non-hydrogen) atoms. The number of carbonyl (C=O) groups is 1. The van der Waals surface area contributed by atoms with Crippen molar-refractivity contribution in [1.29, 1.82) is 0 Å². The van der Waals surface area contributed by atoms with Crippen molar-refractivity contribution in [2.75, 3.05) is 12.4 Å². The van der Waals surface area contributed by atoms with Gasteiger partial charge in [-0.3, -0.25) is 5.10 Å². The van der Waals surface area contributed by atoms with Gasteiger partial charge in [0.2, 0.25) is 0 Å². The summed E-state index contributed by atoms with van der Waals surface area (Å²) < 4.78 is 27.2. The Kier molecular flexibility index (Phi) is 5.61. The number of alkyl carbamates (subject to hydrolysis) is 1. The highest BCUT2D eigenvalue weighted by molar-refractivity contribution is 6.29. The molecule has 0 saturated heterocycles. The first-order valence-corrected chi connectivity index (χ1v) is 11.2. The van der Waals surface area contributed by atoms with E-state index in [2.05, 4.69) is 30.9 Å². The maximum atomic E-state index is 15.1. The van der Waals surface area contributed by atoms with Crippen LogP contribution in [-0.4, -0.2) is 55.8 Å². The predicted molar refractivity (Wildman–Crippen MR) is 118 cm³/mol. The number of anilines is 2. The van der Waals surface area contributed by atoms with Gasteiger partial charge in [-0.2, -0.15) is 10.2 Å².